The smallest absolute Gasteiger partial charge is 0.0536 e. The third-order valence-corrected chi connectivity index (χ3v) is 4.39. The molecule has 1 heteroatoms. The molecule has 0 saturated heterocycles. The molecule has 1 aromatic rings. The van der Waals surface area contributed by atoms with E-state index in [1.807, 2.05) is 74.6 Å². The highest BCUT2D eigenvalue weighted by atomic mass is 14.4. The van der Waals surface area contributed by atoms with Crippen molar-refractivity contribution in [1.29, 1.82) is 5.41 Å². The topological polar surface area (TPSA) is 23.9 Å². The van der Waals surface area contributed by atoms with Gasteiger partial charge >= 0.3 is 0 Å². The van der Waals surface area contributed by atoms with Gasteiger partial charge in [-0.1, -0.05) is 125 Å². The Morgan fingerprint density at radius 2 is 1.53 bits per heavy atom. The van der Waals surface area contributed by atoms with Gasteiger partial charge in [-0.15, -0.1) is 0 Å². The molecule has 162 valence electrons. The van der Waals surface area contributed by atoms with Crippen LogP contribution in [0.15, 0.2) is 96.7 Å². The van der Waals surface area contributed by atoms with Crippen LogP contribution in [-0.2, 0) is 0 Å². The first-order valence-corrected chi connectivity index (χ1v) is 11.1. The summed E-state index contributed by atoms with van der Waals surface area (Å²) in [5, 5.41) is 7.93. The Kier molecular flexibility index (Phi) is 16.7. The molecular formula is C29H41N. The van der Waals surface area contributed by atoms with Crippen molar-refractivity contribution in [2.45, 2.75) is 66.2 Å². The molecule has 0 saturated carbocycles. The van der Waals surface area contributed by atoms with Crippen LogP contribution in [0.5, 0.6) is 0 Å². The first-order valence-electron chi connectivity index (χ1n) is 11.1. The molecule has 30 heavy (non-hydrogen) atoms. The maximum Gasteiger partial charge on any atom is 0.0536 e. The monoisotopic (exact) mass is 403 g/mol. The van der Waals surface area contributed by atoms with Crippen LogP contribution >= 0.6 is 0 Å². The van der Waals surface area contributed by atoms with E-state index in [2.05, 4.69) is 27.0 Å². The van der Waals surface area contributed by atoms with E-state index in [0.29, 0.717) is 5.71 Å². The minimum atomic E-state index is 0.473. The zero-order chi connectivity index (χ0) is 22.6. The highest BCUT2D eigenvalue weighted by molar-refractivity contribution is 6.04. The van der Waals surface area contributed by atoms with Crippen LogP contribution in [0.3, 0.4) is 0 Å². The molecule has 0 aliphatic carbocycles. The predicted octanol–water partition coefficient (Wildman–Crippen LogP) is 9.28. The zero-order valence-corrected chi connectivity index (χ0v) is 19.6. The van der Waals surface area contributed by atoms with E-state index in [0.717, 1.165) is 28.7 Å². The van der Waals surface area contributed by atoms with E-state index in [4.69, 9.17) is 5.41 Å². The number of hydrogen-bond acceptors (Lipinski definition) is 1. The van der Waals surface area contributed by atoms with Crippen LogP contribution in [0.1, 0.15) is 71.8 Å². The summed E-state index contributed by atoms with van der Waals surface area (Å²) in [6, 6.07) is 9.99. The summed E-state index contributed by atoms with van der Waals surface area (Å²) in [5.74, 6) is 0. The number of benzene rings is 1. The predicted molar refractivity (Wildman–Crippen MR) is 138 cm³/mol. The van der Waals surface area contributed by atoms with Crippen LogP contribution < -0.4 is 0 Å². The second-order valence-corrected chi connectivity index (χ2v) is 7.39. The molecule has 0 bridgehead atoms. The first kappa shape index (κ1) is 27.3. The Morgan fingerprint density at radius 3 is 2.07 bits per heavy atom. The second kappa shape index (κ2) is 18.4. The molecule has 0 aromatic heterocycles. The Bertz CT molecular complexity index is 738. The number of rotatable bonds is 12. The van der Waals surface area contributed by atoms with Gasteiger partial charge in [-0.2, -0.15) is 0 Å². The molecular weight excluding hydrogens is 362 g/mol. The SMILES string of the molecule is C=C(C)/C=C\C(=C/C)C(=C)C/C=C\C(=N)/C=C/c1ccccc1.CCCCCCC. The maximum absolute atomic E-state index is 7.93. The summed E-state index contributed by atoms with van der Waals surface area (Å²) in [5.41, 5.74) is 4.71. The van der Waals surface area contributed by atoms with Crippen LogP contribution in [0.25, 0.3) is 6.08 Å². The lowest BCUT2D eigenvalue weighted by Gasteiger charge is -2.03. The van der Waals surface area contributed by atoms with Gasteiger partial charge in [0.25, 0.3) is 0 Å². The van der Waals surface area contributed by atoms with Gasteiger partial charge in [0.05, 0.1) is 5.71 Å². The van der Waals surface area contributed by atoms with Gasteiger partial charge in [0, 0.05) is 0 Å². The fourth-order valence-corrected chi connectivity index (χ4v) is 2.58. The van der Waals surface area contributed by atoms with Crippen molar-refractivity contribution >= 4 is 11.8 Å². The standard InChI is InChI=1S/C22H25N.C7H16/c1-5-21(16-14-18(2)3)19(4)10-9-13-22(23)17-15-20-11-7-6-8-12-20;1-3-5-7-6-4-2/h5-9,11-17,23H,2,4,10H2,1,3H3;3-7H2,1-2H3/b13-9-,16-14-,17-15+,21-5+,23-22?;. The summed E-state index contributed by atoms with van der Waals surface area (Å²) in [6.07, 6.45) is 21.3. The molecule has 1 N–H and O–H groups in total. The summed E-state index contributed by atoms with van der Waals surface area (Å²) in [4.78, 5) is 0. The van der Waals surface area contributed by atoms with Gasteiger partial charge in [-0.3, -0.25) is 0 Å². The quantitative estimate of drug-likeness (QED) is 0.204. The minimum absolute atomic E-state index is 0.473. The van der Waals surface area contributed by atoms with Crippen molar-refractivity contribution in [2.75, 3.05) is 0 Å². The Hall–Kier alpha value is -2.67. The highest BCUT2D eigenvalue weighted by Gasteiger charge is 1.96. The Labute approximate surface area is 185 Å². The number of unbranched alkanes of at least 4 members (excludes halogenated alkanes) is 4. The van der Waals surface area contributed by atoms with Crippen LogP contribution in [0, 0.1) is 5.41 Å². The normalized spacial score (nSPS) is 11.7. The maximum atomic E-state index is 7.93. The lowest BCUT2D eigenvalue weighted by molar-refractivity contribution is 0.656. The summed E-state index contributed by atoms with van der Waals surface area (Å²) < 4.78 is 0. The average Bonchev–Trinajstić information content (AvgIpc) is 2.74. The van der Waals surface area contributed by atoms with Crippen LogP contribution in [0.2, 0.25) is 0 Å². The van der Waals surface area contributed by atoms with Crippen LogP contribution in [0.4, 0.5) is 0 Å². The van der Waals surface area contributed by atoms with Crippen molar-refractivity contribution in [2.24, 2.45) is 0 Å². The molecule has 0 fully saturated rings. The second-order valence-electron chi connectivity index (χ2n) is 7.39. The largest absolute Gasteiger partial charge is 0.301 e. The van der Waals surface area contributed by atoms with Gasteiger partial charge in [0.2, 0.25) is 0 Å². The van der Waals surface area contributed by atoms with Crippen molar-refractivity contribution in [3.05, 3.63) is 102 Å². The Morgan fingerprint density at radius 1 is 0.900 bits per heavy atom. The summed E-state index contributed by atoms with van der Waals surface area (Å²) in [7, 11) is 0. The van der Waals surface area contributed by atoms with E-state index in [1.54, 1.807) is 12.2 Å². The van der Waals surface area contributed by atoms with Crippen molar-refractivity contribution in [3.63, 3.8) is 0 Å². The number of hydrogen-bond donors (Lipinski definition) is 1. The molecule has 1 nitrogen and oxygen atoms in total. The number of allylic oxidation sites excluding steroid dienone is 9. The molecule has 0 radical (unpaired) electrons. The fraction of sp³-hybridized carbons (Fsp3) is 0.345. The van der Waals surface area contributed by atoms with Gasteiger partial charge in [0.15, 0.2) is 0 Å². The Balaban J connectivity index is 0.00000103. The van der Waals surface area contributed by atoms with E-state index in [1.165, 1.54) is 32.1 Å². The molecule has 0 unspecified atom stereocenters. The fourth-order valence-electron chi connectivity index (χ4n) is 2.58. The molecule has 0 aliphatic rings. The summed E-state index contributed by atoms with van der Waals surface area (Å²) in [6.45, 7) is 16.4. The third-order valence-electron chi connectivity index (χ3n) is 4.39. The van der Waals surface area contributed by atoms with Crippen molar-refractivity contribution in [3.8, 4) is 0 Å². The molecule has 1 aromatic carbocycles. The van der Waals surface area contributed by atoms with Gasteiger partial charge in [-0.25, -0.2) is 0 Å². The van der Waals surface area contributed by atoms with Gasteiger partial charge in [0.1, 0.15) is 0 Å². The molecule has 0 aliphatic heterocycles. The summed E-state index contributed by atoms with van der Waals surface area (Å²) >= 11 is 0. The van der Waals surface area contributed by atoms with Gasteiger partial charge < -0.3 is 5.41 Å². The van der Waals surface area contributed by atoms with E-state index in [9.17, 15) is 0 Å². The van der Waals surface area contributed by atoms with Gasteiger partial charge in [-0.05, 0) is 49.1 Å². The highest BCUT2D eigenvalue weighted by Crippen LogP contribution is 2.15. The van der Waals surface area contributed by atoms with E-state index in [-0.39, 0.29) is 0 Å². The van der Waals surface area contributed by atoms with E-state index < -0.39 is 0 Å². The molecule has 0 atom stereocenters. The molecule has 0 amide bonds. The molecule has 1 rings (SSSR count). The first-order chi connectivity index (χ1) is 14.4. The van der Waals surface area contributed by atoms with Crippen molar-refractivity contribution < 1.29 is 0 Å². The lowest BCUT2D eigenvalue weighted by Crippen LogP contribution is -1.86. The van der Waals surface area contributed by atoms with Crippen molar-refractivity contribution in [1.82, 2.24) is 0 Å². The van der Waals surface area contributed by atoms with E-state index >= 15 is 0 Å². The lowest BCUT2D eigenvalue weighted by atomic mass is 10.0. The third kappa shape index (κ3) is 15.3. The molecule has 0 spiro atoms. The average molecular weight is 404 g/mol. The minimum Gasteiger partial charge on any atom is -0.301 e. The van der Waals surface area contributed by atoms with Crippen LogP contribution in [-0.4, -0.2) is 5.71 Å². The number of nitrogens with one attached hydrogen (secondary N) is 1. The zero-order valence-electron chi connectivity index (χ0n) is 19.6. The molecule has 0 heterocycles.